The molecule has 0 unspecified atom stereocenters. The van der Waals surface area contributed by atoms with Crippen molar-refractivity contribution < 1.29 is 0 Å². The van der Waals surface area contributed by atoms with Crippen LogP contribution in [0.2, 0.25) is 10.3 Å². The molecule has 1 aromatic carbocycles. The Kier molecular flexibility index (Phi) is 4.11. The van der Waals surface area contributed by atoms with Crippen LogP contribution in [0, 0.1) is 0 Å². The van der Waals surface area contributed by atoms with E-state index in [1.165, 1.54) is 6.33 Å². The van der Waals surface area contributed by atoms with Gasteiger partial charge in [0.25, 0.3) is 0 Å². The van der Waals surface area contributed by atoms with E-state index >= 15 is 0 Å². The van der Waals surface area contributed by atoms with Crippen molar-refractivity contribution in [1.82, 2.24) is 9.55 Å². The molecule has 0 radical (unpaired) electrons. The second kappa shape index (κ2) is 5.81. The molecule has 104 valence electrons. The lowest BCUT2D eigenvalue weighted by molar-refractivity contribution is 1.06. The van der Waals surface area contributed by atoms with E-state index in [1.54, 1.807) is 28.8 Å². The van der Waals surface area contributed by atoms with Crippen LogP contribution in [0.4, 0.5) is 5.69 Å². The monoisotopic (exact) mass is 311 g/mol. The molecule has 2 aromatic rings. The molecular weight excluding hydrogens is 301 g/mol. The molecule has 7 nitrogen and oxygen atoms in total. The van der Waals surface area contributed by atoms with Gasteiger partial charge in [-0.15, -0.1) is 0 Å². The number of aromatic nitrogens is 2. The van der Waals surface area contributed by atoms with Crippen molar-refractivity contribution in [3.63, 3.8) is 0 Å². The predicted molar refractivity (Wildman–Crippen MR) is 80.7 cm³/mol. The van der Waals surface area contributed by atoms with Crippen molar-refractivity contribution in [2.75, 3.05) is 0 Å². The number of aliphatic imine (C=N–C) groups is 2. The van der Waals surface area contributed by atoms with Crippen molar-refractivity contribution in [2.45, 2.75) is 0 Å². The molecule has 0 fully saturated rings. The van der Waals surface area contributed by atoms with Gasteiger partial charge >= 0.3 is 0 Å². The zero-order valence-electron chi connectivity index (χ0n) is 10.2. The Labute approximate surface area is 124 Å². The smallest absolute Gasteiger partial charge is 0.223 e. The third kappa shape index (κ3) is 3.19. The van der Waals surface area contributed by atoms with Crippen LogP contribution < -0.4 is 17.2 Å². The second-order valence-electron chi connectivity index (χ2n) is 3.72. The van der Waals surface area contributed by atoms with Crippen molar-refractivity contribution in [2.24, 2.45) is 27.2 Å². The highest BCUT2D eigenvalue weighted by molar-refractivity contribution is 6.40. The molecule has 0 spiro atoms. The van der Waals surface area contributed by atoms with Crippen LogP contribution in [0.5, 0.6) is 0 Å². The van der Waals surface area contributed by atoms with E-state index in [4.69, 9.17) is 40.4 Å². The number of rotatable bonds is 2. The fraction of sp³-hybridized carbons (Fsp3) is 0. The van der Waals surface area contributed by atoms with Crippen molar-refractivity contribution in [3.05, 3.63) is 40.9 Å². The molecule has 20 heavy (non-hydrogen) atoms. The molecule has 0 saturated heterocycles. The van der Waals surface area contributed by atoms with E-state index in [2.05, 4.69) is 15.0 Å². The Morgan fingerprint density at radius 2 is 1.75 bits per heavy atom. The van der Waals surface area contributed by atoms with Gasteiger partial charge in [0.05, 0.1) is 5.69 Å². The van der Waals surface area contributed by atoms with Gasteiger partial charge in [0.1, 0.15) is 6.33 Å². The van der Waals surface area contributed by atoms with Crippen LogP contribution in [0.1, 0.15) is 0 Å². The lowest BCUT2D eigenvalue weighted by Gasteiger charge is -2.04. The highest BCUT2D eigenvalue weighted by Crippen LogP contribution is 2.24. The number of halogens is 2. The number of hydrogen-bond acceptors (Lipinski definition) is 2. The Morgan fingerprint density at radius 1 is 1.10 bits per heavy atom. The third-order valence-electron chi connectivity index (χ3n) is 2.28. The average Bonchev–Trinajstić information content (AvgIpc) is 2.70. The summed E-state index contributed by atoms with van der Waals surface area (Å²) in [7, 11) is 0. The van der Waals surface area contributed by atoms with E-state index < -0.39 is 0 Å². The van der Waals surface area contributed by atoms with Gasteiger partial charge in [-0.2, -0.15) is 4.99 Å². The van der Waals surface area contributed by atoms with Crippen LogP contribution in [-0.2, 0) is 0 Å². The van der Waals surface area contributed by atoms with Gasteiger partial charge in [0.2, 0.25) is 5.96 Å². The number of imidazole rings is 1. The zero-order valence-corrected chi connectivity index (χ0v) is 11.7. The molecule has 6 N–H and O–H groups in total. The molecular formula is C11H11Cl2N7. The Morgan fingerprint density at radius 3 is 2.25 bits per heavy atom. The summed E-state index contributed by atoms with van der Waals surface area (Å²) in [6, 6.07) is 7.03. The summed E-state index contributed by atoms with van der Waals surface area (Å²) in [6.45, 7) is 0. The summed E-state index contributed by atoms with van der Waals surface area (Å²) in [5.74, 6) is -0.177. The average molecular weight is 312 g/mol. The Balaban J connectivity index is 2.27. The number of benzene rings is 1. The standard InChI is InChI=1S/C11H11Cl2N7/c12-8-9(13)20(5-17-8)7-3-1-6(2-4-7)18-11(16)19-10(14)15/h1-5H,(H6,14,15,16,18,19). The molecule has 2 rings (SSSR count). The predicted octanol–water partition coefficient (Wildman–Crippen LogP) is 1.40. The fourth-order valence-corrected chi connectivity index (χ4v) is 1.79. The summed E-state index contributed by atoms with van der Waals surface area (Å²) < 4.78 is 1.64. The molecule has 9 heteroatoms. The number of nitrogens with two attached hydrogens (primary N) is 3. The first kappa shape index (κ1) is 14.2. The summed E-state index contributed by atoms with van der Waals surface area (Å²) in [5.41, 5.74) is 17.3. The van der Waals surface area contributed by atoms with Crippen LogP contribution in [-0.4, -0.2) is 21.5 Å². The molecule has 0 bridgehead atoms. The Hall–Kier alpha value is -2.25. The lowest BCUT2D eigenvalue weighted by Crippen LogP contribution is -2.26. The topological polar surface area (TPSA) is 121 Å². The van der Waals surface area contributed by atoms with Gasteiger partial charge in [-0.1, -0.05) is 23.2 Å². The molecule has 0 aliphatic heterocycles. The van der Waals surface area contributed by atoms with E-state index in [1.807, 2.05) is 0 Å². The van der Waals surface area contributed by atoms with Gasteiger partial charge in [0, 0.05) is 5.69 Å². The maximum atomic E-state index is 6.00. The van der Waals surface area contributed by atoms with Crippen LogP contribution in [0.3, 0.4) is 0 Å². The fourth-order valence-electron chi connectivity index (χ4n) is 1.47. The van der Waals surface area contributed by atoms with Gasteiger partial charge in [-0.05, 0) is 24.3 Å². The molecule has 0 atom stereocenters. The first-order chi connectivity index (χ1) is 9.47. The highest BCUT2D eigenvalue weighted by atomic mass is 35.5. The van der Waals surface area contributed by atoms with Crippen molar-refractivity contribution in [1.29, 1.82) is 0 Å². The minimum Gasteiger partial charge on any atom is -0.370 e. The third-order valence-corrected chi connectivity index (χ3v) is 3.02. The first-order valence-corrected chi connectivity index (χ1v) is 6.15. The maximum absolute atomic E-state index is 6.00. The molecule has 0 aliphatic carbocycles. The van der Waals surface area contributed by atoms with Gasteiger partial charge in [-0.3, -0.25) is 4.57 Å². The SMILES string of the molecule is NC(N)=NC(N)=Nc1ccc(-n2cnc(Cl)c2Cl)cc1. The summed E-state index contributed by atoms with van der Waals surface area (Å²) in [6.07, 6.45) is 1.52. The number of nitrogens with zero attached hydrogens (tertiary/aromatic N) is 4. The lowest BCUT2D eigenvalue weighted by atomic mass is 10.3. The molecule has 0 saturated carbocycles. The van der Waals surface area contributed by atoms with Crippen LogP contribution >= 0.6 is 23.2 Å². The molecule has 1 aromatic heterocycles. The van der Waals surface area contributed by atoms with E-state index in [0.29, 0.717) is 10.8 Å². The second-order valence-corrected chi connectivity index (χ2v) is 4.44. The quantitative estimate of drug-likeness (QED) is 0.573. The van der Waals surface area contributed by atoms with E-state index in [-0.39, 0.29) is 17.1 Å². The largest absolute Gasteiger partial charge is 0.370 e. The summed E-state index contributed by atoms with van der Waals surface area (Å²) in [5, 5.41) is 0.578. The number of guanidine groups is 2. The highest BCUT2D eigenvalue weighted by Gasteiger charge is 2.07. The molecule has 0 amide bonds. The minimum absolute atomic E-state index is 0.0264. The van der Waals surface area contributed by atoms with Crippen LogP contribution in [0.25, 0.3) is 5.69 Å². The molecule has 0 aliphatic rings. The van der Waals surface area contributed by atoms with Crippen molar-refractivity contribution in [3.8, 4) is 5.69 Å². The van der Waals surface area contributed by atoms with Crippen LogP contribution in [0.15, 0.2) is 40.6 Å². The normalized spacial score (nSPS) is 11.4. The van der Waals surface area contributed by atoms with Crippen molar-refractivity contribution >= 4 is 40.8 Å². The zero-order chi connectivity index (χ0) is 14.7. The van der Waals surface area contributed by atoms with E-state index in [0.717, 1.165) is 5.69 Å². The summed E-state index contributed by atoms with van der Waals surface area (Å²) >= 11 is 11.8. The maximum Gasteiger partial charge on any atom is 0.223 e. The van der Waals surface area contributed by atoms with Gasteiger partial charge in [-0.25, -0.2) is 9.98 Å². The minimum atomic E-state index is -0.150. The summed E-state index contributed by atoms with van der Waals surface area (Å²) in [4.78, 5) is 11.5. The van der Waals surface area contributed by atoms with E-state index in [9.17, 15) is 0 Å². The Bertz CT molecular complexity index is 669. The number of hydrogen-bond donors (Lipinski definition) is 3. The first-order valence-electron chi connectivity index (χ1n) is 5.40. The van der Waals surface area contributed by atoms with Gasteiger partial charge < -0.3 is 17.2 Å². The van der Waals surface area contributed by atoms with Gasteiger partial charge in [0.15, 0.2) is 16.3 Å². The molecule has 1 heterocycles.